The largest absolute Gasteiger partial charge is 0.467 e. The third-order valence-corrected chi connectivity index (χ3v) is 4.48. The Hall–Kier alpha value is -2.41. The van der Waals surface area contributed by atoms with Crippen LogP contribution in [0.4, 0.5) is 4.79 Å². The number of methoxy groups -OCH3 is 1. The summed E-state index contributed by atoms with van der Waals surface area (Å²) in [4.78, 5) is 23.0. The van der Waals surface area contributed by atoms with Crippen molar-refractivity contribution in [3.63, 3.8) is 0 Å². The highest BCUT2D eigenvalue weighted by Crippen LogP contribution is 2.29. The number of piperidine rings is 1. The molecule has 25 heavy (non-hydrogen) atoms. The van der Waals surface area contributed by atoms with Gasteiger partial charge >= 0.3 is 6.03 Å². The molecule has 7 heteroatoms. The maximum atomic E-state index is 12.3. The zero-order chi connectivity index (χ0) is 17.6. The number of hydrogen-bond acceptors (Lipinski definition) is 5. The number of hydrogen-bond donors (Lipinski definition) is 1. The summed E-state index contributed by atoms with van der Waals surface area (Å²) in [5.41, 5.74) is 2.10. The second-order valence-corrected chi connectivity index (χ2v) is 6.26. The molecule has 3 rings (SSSR count). The number of ether oxygens (including phenoxy) is 1. The summed E-state index contributed by atoms with van der Waals surface area (Å²) < 4.78 is 10.5. The quantitative estimate of drug-likeness (QED) is 0.902. The summed E-state index contributed by atoms with van der Waals surface area (Å²) in [6.07, 6.45) is 5.24. The van der Waals surface area contributed by atoms with Crippen molar-refractivity contribution in [2.75, 3.05) is 20.2 Å². The Bertz CT molecular complexity index is 694. The van der Waals surface area contributed by atoms with E-state index in [9.17, 15) is 4.79 Å². The average Bonchev–Trinajstić information content (AvgIpc) is 3.15. The molecular formula is C18H24N4O3. The number of carbonyl (C=O) groups is 1. The molecule has 1 fully saturated rings. The normalized spacial score (nSPS) is 15.4. The molecular weight excluding hydrogens is 320 g/mol. The maximum absolute atomic E-state index is 12.3. The summed E-state index contributed by atoms with van der Waals surface area (Å²) in [7, 11) is 1.68. The first kappa shape index (κ1) is 17.4. The molecule has 0 spiro atoms. The van der Waals surface area contributed by atoms with Gasteiger partial charge in [-0.15, -0.1) is 0 Å². The molecule has 0 radical (unpaired) electrons. The molecule has 0 unspecified atom stereocenters. The Morgan fingerprint density at radius 1 is 1.44 bits per heavy atom. The van der Waals surface area contributed by atoms with Crippen LogP contribution in [0.3, 0.4) is 0 Å². The Morgan fingerprint density at radius 3 is 2.92 bits per heavy atom. The SMILES string of the molecule is COCc1cnc(C)nc1C1CCN(C(=O)NCc2ccco2)CC1. The van der Waals surface area contributed by atoms with Gasteiger partial charge in [0, 0.05) is 37.9 Å². The van der Waals surface area contributed by atoms with Crippen LogP contribution in [-0.2, 0) is 17.9 Å². The standard InChI is InChI=1S/C18H24N4O3/c1-13-19-10-15(12-24-2)17(21-13)14-5-7-22(8-6-14)18(23)20-11-16-4-3-9-25-16/h3-4,9-10,14H,5-8,11-12H2,1-2H3,(H,20,23). The van der Waals surface area contributed by atoms with Crippen molar-refractivity contribution in [1.82, 2.24) is 20.2 Å². The Balaban J connectivity index is 1.56. The first-order valence-corrected chi connectivity index (χ1v) is 8.54. The highest BCUT2D eigenvalue weighted by Gasteiger charge is 2.26. The lowest BCUT2D eigenvalue weighted by molar-refractivity contribution is 0.174. The molecule has 0 aromatic carbocycles. The minimum atomic E-state index is -0.0502. The highest BCUT2D eigenvalue weighted by molar-refractivity contribution is 5.74. The molecule has 1 saturated heterocycles. The molecule has 3 heterocycles. The van der Waals surface area contributed by atoms with Crippen molar-refractivity contribution in [2.45, 2.75) is 38.8 Å². The molecule has 1 aliphatic rings. The Labute approximate surface area is 147 Å². The van der Waals surface area contributed by atoms with Gasteiger partial charge in [0.25, 0.3) is 0 Å². The van der Waals surface area contributed by atoms with Crippen molar-refractivity contribution in [3.8, 4) is 0 Å². The van der Waals surface area contributed by atoms with E-state index in [2.05, 4.69) is 15.3 Å². The third kappa shape index (κ3) is 4.36. The molecule has 0 bridgehead atoms. The van der Waals surface area contributed by atoms with Crippen LogP contribution >= 0.6 is 0 Å². The predicted octanol–water partition coefficient (Wildman–Crippen LogP) is 2.61. The van der Waals surface area contributed by atoms with E-state index in [-0.39, 0.29) is 6.03 Å². The van der Waals surface area contributed by atoms with Crippen molar-refractivity contribution in [2.24, 2.45) is 0 Å². The van der Waals surface area contributed by atoms with Gasteiger partial charge in [-0.2, -0.15) is 0 Å². The zero-order valence-corrected chi connectivity index (χ0v) is 14.7. The average molecular weight is 344 g/mol. The second kappa shape index (κ2) is 8.11. The molecule has 1 aliphatic heterocycles. The fraction of sp³-hybridized carbons (Fsp3) is 0.500. The van der Waals surface area contributed by atoms with Crippen LogP contribution in [0.1, 0.15) is 41.6 Å². The molecule has 2 aromatic heterocycles. The van der Waals surface area contributed by atoms with Gasteiger partial charge < -0.3 is 19.4 Å². The number of urea groups is 1. The number of amides is 2. The van der Waals surface area contributed by atoms with Crippen LogP contribution in [0.5, 0.6) is 0 Å². The maximum Gasteiger partial charge on any atom is 0.317 e. The first-order chi connectivity index (χ1) is 12.2. The minimum absolute atomic E-state index is 0.0502. The molecule has 7 nitrogen and oxygen atoms in total. The van der Waals surface area contributed by atoms with Crippen molar-refractivity contribution in [1.29, 1.82) is 0 Å². The number of likely N-dealkylation sites (tertiary alicyclic amines) is 1. The topological polar surface area (TPSA) is 80.5 Å². The van der Waals surface area contributed by atoms with E-state index in [0.717, 1.165) is 35.7 Å². The number of carbonyl (C=O) groups excluding carboxylic acids is 1. The monoisotopic (exact) mass is 344 g/mol. The number of nitrogens with zero attached hydrogens (tertiary/aromatic N) is 3. The fourth-order valence-electron chi connectivity index (χ4n) is 3.18. The van der Waals surface area contributed by atoms with Crippen LogP contribution in [0.15, 0.2) is 29.0 Å². The fourth-order valence-corrected chi connectivity index (χ4v) is 3.18. The van der Waals surface area contributed by atoms with E-state index >= 15 is 0 Å². The molecule has 0 aliphatic carbocycles. The molecule has 2 aromatic rings. The van der Waals surface area contributed by atoms with Gasteiger partial charge in [0.15, 0.2) is 0 Å². The summed E-state index contributed by atoms with van der Waals surface area (Å²) in [5.74, 6) is 1.86. The lowest BCUT2D eigenvalue weighted by Gasteiger charge is -2.32. The van der Waals surface area contributed by atoms with Gasteiger partial charge in [0.2, 0.25) is 0 Å². The van der Waals surface area contributed by atoms with Crippen LogP contribution in [0.25, 0.3) is 0 Å². The van der Waals surface area contributed by atoms with Gasteiger partial charge in [-0.3, -0.25) is 0 Å². The molecule has 1 N–H and O–H groups in total. The van der Waals surface area contributed by atoms with E-state index in [1.807, 2.05) is 30.2 Å². The van der Waals surface area contributed by atoms with Gasteiger partial charge in [-0.05, 0) is 31.9 Å². The number of furan rings is 1. The van der Waals surface area contributed by atoms with Gasteiger partial charge in [0.05, 0.1) is 25.1 Å². The highest BCUT2D eigenvalue weighted by atomic mass is 16.5. The number of aryl methyl sites for hydroxylation is 1. The van der Waals surface area contributed by atoms with E-state index in [4.69, 9.17) is 9.15 Å². The summed E-state index contributed by atoms with van der Waals surface area (Å²) in [5, 5.41) is 2.90. The zero-order valence-electron chi connectivity index (χ0n) is 14.7. The van der Waals surface area contributed by atoms with Crippen LogP contribution < -0.4 is 5.32 Å². The summed E-state index contributed by atoms with van der Waals surface area (Å²) in [6, 6.07) is 3.61. The van der Waals surface area contributed by atoms with E-state index in [0.29, 0.717) is 32.2 Å². The van der Waals surface area contributed by atoms with Crippen molar-refractivity contribution < 1.29 is 13.9 Å². The van der Waals surface area contributed by atoms with Gasteiger partial charge in [-0.25, -0.2) is 14.8 Å². The Kier molecular flexibility index (Phi) is 5.65. The molecule has 134 valence electrons. The number of rotatable bonds is 5. The molecule has 2 amide bonds. The first-order valence-electron chi connectivity index (χ1n) is 8.54. The predicted molar refractivity (Wildman–Crippen MR) is 92.0 cm³/mol. The van der Waals surface area contributed by atoms with Crippen LogP contribution in [0, 0.1) is 6.92 Å². The smallest absolute Gasteiger partial charge is 0.317 e. The van der Waals surface area contributed by atoms with E-state index < -0.39 is 0 Å². The lowest BCUT2D eigenvalue weighted by Crippen LogP contribution is -2.44. The number of aromatic nitrogens is 2. The van der Waals surface area contributed by atoms with Crippen molar-refractivity contribution >= 4 is 6.03 Å². The second-order valence-electron chi connectivity index (χ2n) is 6.26. The van der Waals surface area contributed by atoms with E-state index in [1.54, 1.807) is 13.4 Å². The van der Waals surface area contributed by atoms with Gasteiger partial charge in [0.1, 0.15) is 11.6 Å². The van der Waals surface area contributed by atoms with Crippen LogP contribution in [0.2, 0.25) is 0 Å². The summed E-state index contributed by atoms with van der Waals surface area (Å²) in [6.45, 7) is 4.25. The molecule has 0 saturated carbocycles. The number of nitrogens with one attached hydrogen (secondary N) is 1. The van der Waals surface area contributed by atoms with Crippen LogP contribution in [-0.4, -0.2) is 41.1 Å². The van der Waals surface area contributed by atoms with Crippen molar-refractivity contribution in [3.05, 3.63) is 47.4 Å². The Morgan fingerprint density at radius 2 is 2.24 bits per heavy atom. The van der Waals surface area contributed by atoms with Gasteiger partial charge in [-0.1, -0.05) is 0 Å². The third-order valence-electron chi connectivity index (χ3n) is 4.48. The van der Waals surface area contributed by atoms with E-state index in [1.165, 1.54) is 0 Å². The summed E-state index contributed by atoms with van der Waals surface area (Å²) >= 11 is 0. The minimum Gasteiger partial charge on any atom is -0.467 e. The molecule has 0 atom stereocenters. The lowest BCUT2D eigenvalue weighted by atomic mass is 9.91.